The van der Waals surface area contributed by atoms with Crippen LogP contribution in [-0.2, 0) is 0 Å². The Bertz CT molecular complexity index is 1260. The van der Waals surface area contributed by atoms with Crippen molar-refractivity contribution in [2.75, 3.05) is 6.61 Å². The van der Waals surface area contributed by atoms with E-state index < -0.39 is 0 Å². The summed E-state index contributed by atoms with van der Waals surface area (Å²) in [6, 6.07) is 7.30. The molecule has 0 saturated carbocycles. The number of H-pyrrole nitrogens is 1. The molecular formula is C21H18N4O3. The van der Waals surface area contributed by atoms with E-state index in [1.807, 2.05) is 38.1 Å². The third-order valence-corrected chi connectivity index (χ3v) is 5.23. The summed E-state index contributed by atoms with van der Waals surface area (Å²) in [5.41, 5.74) is 5.28. The van der Waals surface area contributed by atoms with Crippen molar-refractivity contribution in [3.8, 4) is 16.9 Å². The normalized spacial score (nSPS) is 15.6. The lowest BCUT2D eigenvalue weighted by atomic mass is 9.97. The number of aromatic nitrogens is 4. The molecule has 7 heteroatoms. The Morgan fingerprint density at radius 2 is 2.21 bits per heavy atom. The van der Waals surface area contributed by atoms with Crippen LogP contribution < -0.4 is 10.4 Å². The highest BCUT2D eigenvalue weighted by atomic mass is 16.5. The number of rotatable bonds is 3. The van der Waals surface area contributed by atoms with E-state index in [1.54, 1.807) is 16.8 Å². The van der Waals surface area contributed by atoms with Gasteiger partial charge in [-0.1, -0.05) is 23.9 Å². The third kappa shape index (κ3) is 2.19. The number of aryl methyl sites for hydroxylation is 2. The van der Waals surface area contributed by atoms with Crippen LogP contribution in [0.1, 0.15) is 28.8 Å². The maximum atomic E-state index is 12.9. The topological polar surface area (TPSA) is 85.9 Å². The molecule has 0 fully saturated rings. The molecule has 4 heterocycles. The summed E-state index contributed by atoms with van der Waals surface area (Å²) in [4.78, 5) is 20.3. The van der Waals surface area contributed by atoms with Gasteiger partial charge in [-0.25, -0.2) is 4.79 Å². The Morgan fingerprint density at radius 3 is 2.89 bits per heavy atom. The summed E-state index contributed by atoms with van der Waals surface area (Å²) >= 11 is 0. The van der Waals surface area contributed by atoms with Crippen LogP contribution >= 0.6 is 0 Å². The van der Waals surface area contributed by atoms with Crippen molar-refractivity contribution < 1.29 is 9.26 Å². The maximum absolute atomic E-state index is 12.9. The first-order chi connectivity index (χ1) is 13.6. The molecule has 3 aromatic heterocycles. The number of pyridine rings is 1. The van der Waals surface area contributed by atoms with Crippen molar-refractivity contribution in [2.45, 2.75) is 19.9 Å². The van der Waals surface area contributed by atoms with Crippen molar-refractivity contribution in [1.29, 1.82) is 0 Å². The van der Waals surface area contributed by atoms with Crippen LogP contribution in [0.25, 0.3) is 28.2 Å². The first-order valence-electron chi connectivity index (χ1n) is 9.00. The van der Waals surface area contributed by atoms with E-state index in [0.29, 0.717) is 29.2 Å². The van der Waals surface area contributed by atoms with Crippen LogP contribution in [0.4, 0.5) is 0 Å². The smallest absolute Gasteiger partial charge is 0.327 e. The number of ether oxygens (including phenoxy) is 1. The van der Waals surface area contributed by atoms with Gasteiger partial charge in [0.15, 0.2) is 5.75 Å². The molecule has 0 saturated heterocycles. The van der Waals surface area contributed by atoms with Crippen molar-refractivity contribution in [1.82, 2.24) is 19.7 Å². The molecule has 1 atom stereocenters. The van der Waals surface area contributed by atoms with Gasteiger partial charge >= 0.3 is 5.69 Å². The predicted molar refractivity (Wildman–Crippen MR) is 105 cm³/mol. The van der Waals surface area contributed by atoms with Gasteiger partial charge in [0.1, 0.15) is 23.9 Å². The van der Waals surface area contributed by atoms with Crippen LogP contribution in [0, 0.1) is 13.8 Å². The van der Waals surface area contributed by atoms with Gasteiger partial charge in [0.2, 0.25) is 0 Å². The van der Waals surface area contributed by atoms with Crippen LogP contribution in [0.2, 0.25) is 0 Å². The molecule has 28 heavy (non-hydrogen) atoms. The zero-order valence-electron chi connectivity index (χ0n) is 15.5. The summed E-state index contributed by atoms with van der Waals surface area (Å²) in [6.07, 6.45) is 3.45. The zero-order valence-corrected chi connectivity index (χ0v) is 15.5. The molecule has 0 bridgehead atoms. The number of nitrogens with zero attached hydrogens (tertiary/aromatic N) is 3. The number of benzene rings is 1. The van der Waals surface area contributed by atoms with E-state index in [4.69, 9.17) is 9.26 Å². The monoisotopic (exact) mass is 374 g/mol. The Kier molecular flexibility index (Phi) is 3.52. The summed E-state index contributed by atoms with van der Waals surface area (Å²) in [7, 11) is 0. The molecule has 1 unspecified atom stereocenters. The van der Waals surface area contributed by atoms with Gasteiger partial charge in [0, 0.05) is 17.3 Å². The Morgan fingerprint density at radius 1 is 1.36 bits per heavy atom. The van der Waals surface area contributed by atoms with Gasteiger partial charge in [-0.05, 0) is 32.0 Å². The molecule has 1 aromatic carbocycles. The Hall–Kier alpha value is -3.61. The fourth-order valence-electron chi connectivity index (χ4n) is 3.99. The van der Waals surface area contributed by atoms with Gasteiger partial charge in [-0.3, -0.25) is 9.55 Å². The summed E-state index contributed by atoms with van der Waals surface area (Å²) in [6.45, 7) is 7.97. The Balaban J connectivity index is 1.88. The standard InChI is InChI=1S/C21H18N4O3/c1-4-13-9-14(17-11(2)24-28-12(17)3)20-19-18(13)23-21(26)25(19)16(10-27-20)15-7-5-6-8-22-15/h4-9,16H,1,10H2,2-3H3,(H,23,26). The highest BCUT2D eigenvalue weighted by Gasteiger charge is 2.32. The summed E-state index contributed by atoms with van der Waals surface area (Å²) < 4.78 is 13.3. The minimum absolute atomic E-state index is 0.200. The van der Waals surface area contributed by atoms with Gasteiger partial charge in [-0.2, -0.15) is 0 Å². The third-order valence-electron chi connectivity index (χ3n) is 5.23. The quantitative estimate of drug-likeness (QED) is 0.592. The van der Waals surface area contributed by atoms with Crippen molar-refractivity contribution in [2.24, 2.45) is 0 Å². The first-order valence-corrected chi connectivity index (χ1v) is 9.00. The lowest BCUT2D eigenvalue weighted by molar-refractivity contribution is 0.255. The molecule has 5 rings (SSSR count). The molecule has 0 amide bonds. The van der Waals surface area contributed by atoms with Gasteiger partial charge in [-0.15, -0.1) is 0 Å². The molecule has 7 nitrogen and oxygen atoms in total. The van der Waals surface area contributed by atoms with Crippen molar-refractivity contribution >= 4 is 17.1 Å². The number of imidazole rings is 1. The van der Waals surface area contributed by atoms with Gasteiger partial charge in [0.25, 0.3) is 0 Å². The van der Waals surface area contributed by atoms with Gasteiger partial charge < -0.3 is 14.2 Å². The minimum atomic E-state index is -0.312. The number of nitrogens with one attached hydrogen (secondary N) is 1. The highest BCUT2D eigenvalue weighted by molar-refractivity contribution is 5.97. The second kappa shape index (κ2) is 5.95. The van der Waals surface area contributed by atoms with E-state index in [2.05, 4.69) is 21.7 Å². The fraction of sp³-hybridized carbons (Fsp3) is 0.190. The summed E-state index contributed by atoms with van der Waals surface area (Å²) in [5.74, 6) is 1.34. The molecule has 1 aliphatic heterocycles. The molecule has 140 valence electrons. The molecule has 4 aromatic rings. The average molecular weight is 374 g/mol. The fourth-order valence-corrected chi connectivity index (χ4v) is 3.99. The Labute approximate surface area is 160 Å². The number of hydrogen-bond acceptors (Lipinski definition) is 5. The average Bonchev–Trinajstić information content (AvgIpc) is 3.24. The molecule has 1 aliphatic rings. The van der Waals surface area contributed by atoms with E-state index in [9.17, 15) is 4.79 Å². The second-order valence-electron chi connectivity index (χ2n) is 6.85. The largest absolute Gasteiger partial charge is 0.488 e. The zero-order chi connectivity index (χ0) is 19.4. The SMILES string of the molecule is C=Cc1cc(-c2c(C)noc2C)c2c3c1[nH]c(=O)n3C(c1ccccn1)CO2. The first kappa shape index (κ1) is 16.6. The van der Waals surface area contributed by atoms with Crippen LogP contribution in [0.3, 0.4) is 0 Å². The lowest BCUT2D eigenvalue weighted by Crippen LogP contribution is -2.31. The van der Waals surface area contributed by atoms with Crippen LogP contribution in [0.15, 0.2) is 46.4 Å². The molecule has 1 N–H and O–H groups in total. The predicted octanol–water partition coefficient (Wildman–Crippen LogP) is 3.62. The number of aromatic amines is 1. The highest BCUT2D eigenvalue weighted by Crippen LogP contribution is 2.44. The van der Waals surface area contributed by atoms with E-state index in [1.165, 1.54) is 0 Å². The van der Waals surface area contributed by atoms with Crippen molar-refractivity contribution in [3.63, 3.8) is 0 Å². The molecule has 0 spiro atoms. The summed E-state index contributed by atoms with van der Waals surface area (Å²) in [5, 5.41) is 4.07. The van der Waals surface area contributed by atoms with Crippen LogP contribution in [-0.4, -0.2) is 26.3 Å². The maximum Gasteiger partial charge on any atom is 0.327 e. The number of hydrogen-bond donors (Lipinski definition) is 1. The van der Waals surface area contributed by atoms with E-state index in [-0.39, 0.29) is 11.7 Å². The van der Waals surface area contributed by atoms with Crippen molar-refractivity contribution in [3.05, 3.63) is 70.2 Å². The minimum Gasteiger partial charge on any atom is -0.488 e. The molecular weight excluding hydrogens is 356 g/mol. The molecule has 0 radical (unpaired) electrons. The second-order valence-corrected chi connectivity index (χ2v) is 6.85. The van der Waals surface area contributed by atoms with E-state index in [0.717, 1.165) is 28.1 Å². The van der Waals surface area contributed by atoms with Crippen LogP contribution in [0.5, 0.6) is 5.75 Å². The van der Waals surface area contributed by atoms with E-state index >= 15 is 0 Å². The molecule has 0 aliphatic carbocycles. The van der Waals surface area contributed by atoms with Gasteiger partial charge in [0.05, 0.1) is 22.5 Å². The lowest BCUT2D eigenvalue weighted by Gasteiger charge is -2.26.